The van der Waals surface area contributed by atoms with Crippen molar-refractivity contribution in [3.63, 3.8) is 0 Å². The van der Waals surface area contributed by atoms with Crippen molar-refractivity contribution >= 4 is 29.0 Å². The van der Waals surface area contributed by atoms with Crippen LogP contribution in [0, 0.1) is 0 Å². The Morgan fingerprint density at radius 3 is 2.82 bits per heavy atom. The molecule has 2 N–H and O–H groups in total. The molecule has 0 unspecified atom stereocenters. The summed E-state index contributed by atoms with van der Waals surface area (Å²) in [7, 11) is 1.68. The second-order valence-corrected chi connectivity index (χ2v) is 7.33. The van der Waals surface area contributed by atoms with Gasteiger partial charge in [0, 0.05) is 49.7 Å². The molecule has 0 saturated heterocycles. The number of nitrogens with one attached hydrogen (secondary N) is 1. The molecular formula is C20H21N5O2S. The second kappa shape index (κ2) is 8.55. The third-order valence-corrected chi connectivity index (χ3v) is 5.42. The molecule has 0 bridgehead atoms. The molecule has 0 atom stereocenters. The van der Waals surface area contributed by atoms with Gasteiger partial charge in [0.2, 0.25) is 0 Å². The van der Waals surface area contributed by atoms with E-state index in [1.54, 1.807) is 37.5 Å². The van der Waals surface area contributed by atoms with Gasteiger partial charge in [0.15, 0.2) is 5.82 Å². The number of aliphatic hydroxyl groups excluding tert-OH is 1. The summed E-state index contributed by atoms with van der Waals surface area (Å²) in [6.07, 6.45) is 5.77. The van der Waals surface area contributed by atoms with E-state index in [1.165, 1.54) is 0 Å². The summed E-state index contributed by atoms with van der Waals surface area (Å²) in [5, 5.41) is 13.3. The summed E-state index contributed by atoms with van der Waals surface area (Å²) < 4.78 is 5.40. The van der Waals surface area contributed by atoms with E-state index < -0.39 is 0 Å². The average Bonchev–Trinajstić information content (AvgIpc) is 2.73. The lowest BCUT2D eigenvalue weighted by Crippen LogP contribution is -2.24. The molecule has 0 aliphatic carbocycles. The van der Waals surface area contributed by atoms with Crippen molar-refractivity contribution in [3.8, 4) is 0 Å². The van der Waals surface area contributed by atoms with E-state index in [4.69, 9.17) is 9.84 Å². The normalized spacial score (nSPS) is 12.4. The van der Waals surface area contributed by atoms with E-state index >= 15 is 0 Å². The molecule has 0 fully saturated rings. The summed E-state index contributed by atoms with van der Waals surface area (Å²) in [6, 6.07) is 10.3. The smallest absolute Gasteiger partial charge is 0.168 e. The van der Waals surface area contributed by atoms with Crippen molar-refractivity contribution in [1.82, 2.24) is 15.0 Å². The SMILES string of the molecule is COCN1c2cc(CNc3ccc(CCO)nc3)ccc2Sc2nccnc21. The van der Waals surface area contributed by atoms with Gasteiger partial charge >= 0.3 is 0 Å². The fourth-order valence-corrected chi connectivity index (χ4v) is 4.00. The number of benzene rings is 1. The van der Waals surface area contributed by atoms with Crippen molar-refractivity contribution in [2.45, 2.75) is 22.9 Å². The topological polar surface area (TPSA) is 83.4 Å². The first-order chi connectivity index (χ1) is 13.8. The summed E-state index contributed by atoms with van der Waals surface area (Å²) in [5.74, 6) is 0.815. The van der Waals surface area contributed by atoms with Crippen LogP contribution in [0.15, 0.2) is 58.8 Å². The molecule has 4 rings (SSSR count). The quantitative estimate of drug-likeness (QED) is 0.631. The Hall–Kier alpha value is -2.68. The number of hydrogen-bond acceptors (Lipinski definition) is 8. The molecule has 3 heterocycles. The molecule has 1 aliphatic heterocycles. The van der Waals surface area contributed by atoms with Crippen LogP contribution in [-0.4, -0.2) is 40.5 Å². The van der Waals surface area contributed by atoms with Gasteiger partial charge < -0.3 is 15.2 Å². The molecule has 7 nitrogen and oxygen atoms in total. The first kappa shape index (κ1) is 18.7. The van der Waals surface area contributed by atoms with Crippen molar-refractivity contribution in [2.24, 2.45) is 0 Å². The summed E-state index contributed by atoms with van der Waals surface area (Å²) in [4.78, 5) is 16.4. The third-order valence-electron chi connectivity index (χ3n) is 4.37. The highest BCUT2D eigenvalue weighted by Crippen LogP contribution is 2.46. The maximum Gasteiger partial charge on any atom is 0.168 e. The average molecular weight is 395 g/mol. The predicted molar refractivity (Wildman–Crippen MR) is 109 cm³/mol. The van der Waals surface area contributed by atoms with Crippen molar-refractivity contribution in [3.05, 3.63) is 60.2 Å². The van der Waals surface area contributed by atoms with Crippen LogP contribution < -0.4 is 10.2 Å². The highest BCUT2D eigenvalue weighted by molar-refractivity contribution is 7.99. The van der Waals surface area contributed by atoms with Crippen molar-refractivity contribution < 1.29 is 9.84 Å². The molecule has 1 aromatic carbocycles. The van der Waals surface area contributed by atoms with E-state index in [1.807, 2.05) is 17.0 Å². The molecular weight excluding hydrogens is 374 g/mol. The minimum Gasteiger partial charge on any atom is -0.396 e. The van der Waals surface area contributed by atoms with E-state index in [0.717, 1.165) is 38.4 Å². The van der Waals surface area contributed by atoms with Gasteiger partial charge in [-0.2, -0.15) is 0 Å². The van der Waals surface area contributed by atoms with Gasteiger partial charge in [0.05, 0.1) is 17.6 Å². The van der Waals surface area contributed by atoms with Crippen LogP contribution in [0.5, 0.6) is 0 Å². The highest BCUT2D eigenvalue weighted by Gasteiger charge is 2.25. The van der Waals surface area contributed by atoms with Gasteiger partial charge in [0.25, 0.3) is 0 Å². The number of nitrogens with zero attached hydrogens (tertiary/aromatic N) is 4. The van der Waals surface area contributed by atoms with Gasteiger partial charge in [0.1, 0.15) is 11.8 Å². The minimum absolute atomic E-state index is 0.110. The van der Waals surface area contributed by atoms with Gasteiger partial charge in [-0.05, 0) is 29.8 Å². The largest absolute Gasteiger partial charge is 0.396 e. The van der Waals surface area contributed by atoms with Crippen molar-refractivity contribution in [1.29, 1.82) is 0 Å². The number of hydrogen-bond donors (Lipinski definition) is 2. The number of pyridine rings is 1. The minimum atomic E-state index is 0.110. The van der Waals surface area contributed by atoms with Crippen molar-refractivity contribution in [2.75, 3.05) is 30.7 Å². The molecule has 2 aromatic heterocycles. The number of aromatic nitrogens is 3. The number of aliphatic hydroxyl groups is 1. The standard InChI is InChI=1S/C20H21N5O2S/c1-27-13-25-17-10-14(11-23-16-4-3-15(6-9-26)24-12-16)2-5-18(17)28-20-19(25)21-7-8-22-20/h2-5,7-8,10,12,23,26H,6,9,11,13H2,1H3. The molecule has 28 heavy (non-hydrogen) atoms. The lowest BCUT2D eigenvalue weighted by molar-refractivity contribution is 0.204. The van der Waals surface area contributed by atoms with E-state index in [9.17, 15) is 0 Å². The van der Waals surface area contributed by atoms with Gasteiger partial charge in [-0.3, -0.25) is 9.88 Å². The zero-order valence-electron chi connectivity index (χ0n) is 15.5. The fourth-order valence-electron chi connectivity index (χ4n) is 3.02. The summed E-state index contributed by atoms with van der Waals surface area (Å²) in [5.41, 5.74) is 4.04. The molecule has 0 spiro atoms. The van der Waals surface area contributed by atoms with Crippen LogP contribution in [0.4, 0.5) is 17.2 Å². The lowest BCUT2D eigenvalue weighted by Gasteiger charge is -2.30. The van der Waals surface area contributed by atoms with Crippen LogP contribution in [-0.2, 0) is 17.7 Å². The van der Waals surface area contributed by atoms with Gasteiger partial charge in [-0.1, -0.05) is 17.8 Å². The van der Waals surface area contributed by atoms with E-state index in [-0.39, 0.29) is 6.61 Å². The van der Waals surface area contributed by atoms with Gasteiger partial charge in [-0.15, -0.1) is 0 Å². The Balaban J connectivity index is 1.53. The Morgan fingerprint density at radius 2 is 2.04 bits per heavy atom. The fraction of sp³-hybridized carbons (Fsp3) is 0.250. The third kappa shape index (κ3) is 3.94. The Labute approximate surface area is 167 Å². The number of anilines is 3. The lowest BCUT2D eigenvalue weighted by atomic mass is 10.1. The number of rotatable bonds is 7. The summed E-state index contributed by atoms with van der Waals surface area (Å²) in [6.45, 7) is 1.19. The second-order valence-electron chi connectivity index (χ2n) is 6.30. The van der Waals surface area contributed by atoms with Gasteiger partial charge in [-0.25, -0.2) is 9.97 Å². The zero-order chi connectivity index (χ0) is 19.3. The Bertz CT molecular complexity index is 952. The Kier molecular flexibility index (Phi) is 5.70. The van der Waals surface area contributed by atoms with Crippen LogP contribution in [0.25, 0.3) is 0 Å². The molecule has 8 heteroatoms. The molecule has 0 saturated carbocycles. The number of fused-ring (bicyclic) bond motifs is 2. The van der Waals surface area contributed by atoms with Crippen LogP contribution in [0.1, 0.15) is 11.3 Å². The molecule has 1 aliphatic rings. The first-order valence-corrected chi connectivity index (χ1v) is 9.78. The Morgan fingerprint density at radius 1 is 1.14 bits per heavy atom. The first-order valence-electron chi connectivity index (χ1n) is 8.96. The number of methoxy groups -OCH3 is 1. The van der Waals surface area contributed by atoms with E-state index in [2.05, 4.69) is 38.5 Å². The maximum atomic E-state index is 8.98. The predicted octanol–water partition coefficient (Wildman–Crippen LogP) is 3.23. The number of ether oxygens (including phenoxy) is 1. The molecule has 0 amide bonds. The van der Waals surface area contributed by atoms with Crippen LogP contribution >= 0.6 is 11.8 Å². The molecule has 0 radical (unpaired) electrons. The molecule has 3 aromatic rings. The zero-order valence-corrected chi connectivity index (χ0v) is 16.3. The highest BCUT2D eigenvalue weighted by atomic mass is 32.2. The van der Waals surface area contributed by atoms with Crippen LogP contribution in [0.2, 0.25) is 0 Å². The monoisotopic (exact) mass is 395 g/mol. The van der Waals surface area contributed by atoms with E-state index in [0.29, 0.717) is 19.7 Å². The summed E-state index contributed by atoms with van der Waals surface area (Å²) >= 11 is 1.62. The van der Waals surface area contributed by atoms with Crippen LogP contribution in [0.3, 0.4) is 0 Å². The maximum absolute atomic E-state index is 8.98. The molecule has 144 valence electrons.